The number of nitrogens with one attached hydrogen (secondary N) is 1. The van der Waals surface area contributed by atoms with Gasteiger partial charge in [-0.1, -0.05) is 12.1 Å². The average molecular weight is 221 g/mol. The Kier molecular flexibility index (Phi) is 3.41. The number of phenolic OH excluding ortho intramolecular Hbond substituents is 1. The van der Waals surface area contributed by atoms with Crippen LogP contribution < -0.4 is 5.32 Å². The number of hydrogen-bond acceptors (Lipinski definition) is 3. The van der Waals surface area contributed by atoms with Gasteiger partial charge in [0.25, 0.3) is 0 Å². The highest BCUT2D eigenvalue weighted by molar-refractivity contribution is 5.80. The van der Waals surface area contributed by atoms with Crippen LogP contribution >= 0.6 is 0 Å². The molecule has 1 saturated heterocycles. The molecular formula is C12H15NO3. The van der Waals surface area contributed by atoms with E-state index < -0.39 is 0 Å². The fourth-order valence-electron chi connectivity index (χ4n) is 1.75. The van der Waals surface area contributed by atoms with Crippen LogP contribution in [0.1, 0.15) is 18.4 Å². The lowest BCUT2D eigenvalue weighted by Gasteiger charge is -2.10. The summed E-state index contributed by atoms with van der Waals surface area (Å²) in [6.07, 6.45) is 1.45. The number of rotatable bonds is 3. The third kappa shape index (κ3) is 2.73. The average Bonchev–Trinajstić information content (AvgIpc) is 2.79. The molecule has 1 amide bonds. The van der Waals surface area contributed by atoms with Crippen LogP contribution in [0.3, 0.4) is 0 Å². The van der Waals surface area contributed by atoms with E-state index >= 15 is 0 Å². The molecule has 1 aliphatic heterocycles. The second-order valence-electron chi connectivity index (χ2n) is 3.89. The molecule has 4 heteroatoms. The third-order valence-corrected chi connectivity index (χ3v) is 2.60. The highest BCUT2D eigenvalue weighted by atomic mass is 16.5. The first-order valence-electron chi connectivity index (χ1n) is 5.43. The van der Waals surface area contributed by atoms with Gasteiger partial charge in [0.05, 0.1) is 0 Å². The lowest BCUT2D eigenvalue weighted by molar-refractivity contribution is -0.130. The van der Waals surface area contributed by atoms with Crippen molar-refractivity contribution < 1.29 is 14.6 Å². The van der Waals surface area contributed by atoms with Crippen LogP contribution in [0.2, 0.25) is 0 Å². The molecule has 0 aliphatic carbocycles. The molecule has 0 saturated carbocycles. The molecule has 0 bridgehead atoms. The molecule has 1 atom stereocenters. The Morgan fingerprint density at radius 2 is 2.44 bits per heavy atom. The van der Waals surface area contributed by atoms with Gasteiger partial charge < -0.3 is 15.2 Å². The van der Waals surface area contributed by atoms with Gasteiger partial charge in [-0.05, 0) is 30.5 Å². The Morgan fingerprint density at radius 1 is 1.56 bits per heavy atom. The Balaban J connectivity index is 1.84. The monoisotopic (exact) mass is 221 g/mol. The van der Waals surface area contributed by atoms with Crippen molar-refractivity contribution in [3.05, 3.63) is 29.8 Å². The first-order valence-corrected chi connectivity index (χ1v) is 5.43. The number of carbonyl (C=O) groups excluding carboxylic acids is 1. The number of aromatic hydroxyl groups is 1. The number of ether oxygens (including phenoxy) is 1. The van der Waals surface area contributed by atoms with E-state index in [1.165, 1.54) is 0 Å². The highest BCUT2D eigenvalue weighted by Crippen LogP contribution is 2.13. The summed E-state index contributed by atoms with van der Waals surface area (Å²) < 4.78 is 5.27. The zero-order valence-corrected chi connectivity index (χ0v) is 8.98. The minimum Gasteiger partial charge on any atom is -0.508 e. The zero-order chi connectivity index (χ0) is 11.4. The van der Waals surface area contributed by atoms with E-state index in [4.69, 9.17) is 4.74 Å². The SMILES string of the molecule is O=C(NCc1cccc(O)c1)C1CCCO1. The van der Waals surface area contributed by atoms with Crippen molar-refractivity contribution in [1.29, 1.82) is 0 Å². The van der Waals surface area contributed by atoms with Crippen molar-refractivity contribution in [2.45, 2.75) is 25.5 Å². The fraction of sp³-hybridized carbons (Fsp3) is 0.417. The third-order valence-electron chi connectivity index (χ3n) is 2.60. The maximum absolute atomic E-state index is 11.6. The topological polar surface area (TPSA) is 58.6 Å². The van der Waals surface area contributed by atoms with Gasteiger partial charge in [-0.25, -0.2) is 0 Å². The zero-order valence-electron chi connectivity index (χ0n) is 8.98. The maximum atomic E-state index is 11.6. The van der Waals surface area contributed by atoms with Crippen molar-refractivity contribution >= 4 is 5.91 Å². The minimum absolute atomic E-state index is 0.0687. The van der Waals surface area contributed by atoms with E-state index in [1.54, 1.807) is 18.2 Å². The molecule has 1 fully saturated rings. The van der Waals surface area contributed by atoms with E-state index in [9.17, 15) is 9.90 Å². The molecule has 2 N–H and O–H groups in total. The number of hydrogen-bond donors (Lipinski definition) is 2. The summed E-state index contributed by atoms with van der Waals surface area (Å²) in [6.45, 7) is 1.09. The van der Waals surface area contributed by atoms with Gasteiger partial charge in [-0.2, -0.15) is 0 Å². The normalized spacial score (nSPS) is 19.6. The maximum Gasteiger partial charge on any atom is 0.249 e. The predicted molar refractivity (Wildman–Crippen MR) is 58.9 cm³/mol. The molecule has 0 spiro atoms. The first kappa shape index (κ1) is 11.0. The molecule has 1 aromatic rings. The summed E-state index contributed by atoms with van der Waals surface area (Å²) in [5.74, 6) is 0.143. The van der Waals surface area contributed by atoms with Gasteiger partial charge in [0.1, 0.15) is 11.9 Å². The molecule has 1 heterocycles. The molecule has 86 valence electrons. The van der Waals surface area contributed by atoms with Gasteiger partial charge in [-0.3, -0.25) is 4.79 Å². The summed E-state index contributed by atoms with van der Waals surface area (Å²) in [5, 5.41) is 12.0. The molecule has 1 aromatic carbocycles. The van der Waals surface area contributed by atoms with Crippen LogP contribution in [-0.2, 0) is 16.1 Å². The number of benzene rings is 1. The molecule has 1 aliphatic rings. The van der Waals surface area contributed by atoms with Gasteiger partial charge in [0.2, 0.25) is 5.91 Å². The summed E-state index contributed by atoms with van der Waals surface area (Å²) in [6, 6.07) is 6.85. The number of phenols is 1. The lowest BCUT2D eigenvalue weighted by atomic mass is 10.2. The smallest absolute Gasteiger partial charge is 0.249 e. The van der Waals surface area contributed by atoms with Gasteiger partial charge in [-0.15, -0.1) is 0 Å². The Bertz CT molecular complexity index is 372. The van der Waals surface area contributed by atoms with E-state index in [1.807, 2.05) is 6.07 Å². The molecule has 1 unspecified atom stereocenters. The second kappa shape index (κ2) is 4.99. The molecule has 0 radical (unpaired) electrons. The Hall–Kier alpha value is -1.55. The first-order chi connectivity index (χ1) is 7.75. The molecule has 0 aromatic heterocycles. The van der Waals surface area contributed by atoms with Crippen molar-refractivity contribution in [3.8, 4) is 5.75 Å². The van der Waals surface area contributed by atoms with E-state index in [0.29, 0.717) is 13.2 Å². The Labute approximate surface area is 94.2 Å². The standard InChI is InChI=1S/C12H15NO3/c14-10-4-1-3-9(7-10)8-13-12(15)11-5-2-6-16-11/h1,3-4,7,11,14H,2,5-6,8H2,(H,13,15). The van der Waals surface area contributed by atoms with Crippen LogP contribution in [0.5, 0.6) is 5.75 Å². The van der Waals surface area contributed by atoms with Crippen molar-refractivity contribution in [1.82, 2.24) is 5.32 Å². The summed E-state index contributed by atoms with van der Waals surface area (Å²) >= 11 is 0. The number of amides is 1. The molecular weight excluding hydrogens is 206 g/mol. The van der Waals surface area contributed by atoms with Crippen molar-refractivity contribution in [2.75, 3.05) is 6.61 Å². The predicted octanol–water partition coefficient (Wildman–Crippen LogP) is 1.19. The van der Waals surface area contributed by atoms with Crippen LogP contribution in [0, 0.1) is 0 Å². The van der Waals surface area contributed by atoms with Crippen LogP contribution in [0.15, 0.2) is 24.3 Å². The van der Waals surface area contributed by atoms with E-state index in [2.05, 4.69) is 5.32 Å². The van der Waals surface area contributed by atoms with Gasteiger partial charge in [0.15, 0.2) is 0 Å². The summed E-state index contributed by atoms with van der Waals surface area (Å²) in [4.78, 5) is 11.6. The fourth-order valence-corrected chi connectivity index (χ4v) is 1.75. The lowest BCUT2D eigenvalue weighted by Crippen LogP contribution is -2.33. The second-order valence-corrected chi connectivity index (χ2v) is 3.89. The molecule has 16 heavy (non-hydrogen) atoms. The minimum atomic E-state index is -0.294. The van der Waals surface area contributed by atoms with Gasteiger partial charge in [0, 0.05) is 13.2 Å². The Morgan fingerprint density at radius 3 is 3.12 bits per heavy atom. The van der Waals surface area contributed by atoms with Crippen molar-refractivity contribution in [2.24, 2.45) is 0 Å². The highest BCUT2D eigenvalue weighted by Gasteiger charge is 2.22. The van der Waals surface area contributed by atoms with E-state index in [-0.39, 0.29) is 17.8 Å². The van der Waals surface area contributed by atoms with Crippen LogP contribution in [0.25, 0.3) is 0 Å². The van der Waals surface area contributed by atoms with Gasteiger partial charge >= 0.3 is 0 Å². The van der Waals surface area contributed by atoms with Crippen LogP contribution in [0.4, 0.5) is 0 Å². The quantitative estimate of drug-likeness (QED) is 0.806. The molecule has 4 nitrogen and oxygen atoms in total. The van der Waals surface area contributed by atoms with Crippen molar-refractivity contribution in [3.63, 3.8) is 0 Å². The molecule has 2 rings (SSSR count). The summed E-state index contributed by atoms with van der Waals surface area (Å²) in [5.41, 5.74) is 0.881. The van der Waals surface area contributed by atoms with Crippen LogP contribution in [-0.4, -0.2) is 23.7 Å². The number of carbonyl (C=O) groups is 1. The largest absolute Gasteiger partial charge is 0.508 e. The van der Waals surface area contributed by atoms with E-state index in [0.717, 1.165) is 18.4 Å². The summed E-state index contributed by atoms with van der Waals surface area (Å²) in [7, 11) is 0.